The molecule has 1 saturated carbocycles. The van der Waals surface area contributed by atoms with Crippen LogP contribution in [-0.4, -0.2) is 20.7 Å². The molecule has 0 radical (unpaired) electrons. The van der Waals surface area contributed by atoms with Crippen LogP contribution in [0.2, 0.25) is 0 Å². The first-order valence-corrected chi connectivity index (χ1v) is 11.6. The fraction of sp³-hybridized carbons (Fsp3) is 0.423. The lowest BCUT2D eigenvalue weighted by atomic mass is 9.89. The maximum atomic E-state index is 12.2. The van der Waals surface area contributed by atoms with E-state index in [0.29, 0.717) is 12.0 Å². The molecule has 1 aromatic carbocycles. The van der Waals surface area contributed by atoms with Gasteiger partial charge in [-0.3, -0.25) is 14.5 Å². The SMILES string of the molecule is CC1(Cn2cc(-c3cc4c(nc3-c3ccc5c(c3)C(=O)NC5)CCC4)cn2)CCCC1. The van der Waals surface area contributed by atoms with Crippen molar-refractivity contribution in [2.24, 2.45) is 5.41 Å². The number of nitrogens with zero attached hydrogens (tertiary/aromatic N) is 3. The number of amides is 1. The van der Waals surface area contributed by atoms with E-state index in [9.17, 15) is 4.79 Å². The van der Waals surface area contributed by atoms with Gasteiger partial charge in [-0.1, -0.05) is 31.9 Å². The van der Waals surface area contributed by atoms with Crippen molar-refractivity contribution in [1.82, 2.24) is 20.1 Å². The Kier molecular flexibility index (Phi) is 4.27. The summed E-state index contributed by atoms with van der Waals surface area (Å²) in [6, 6.07) is 8.49. The van der Waals surface area contributed by atoms with Crippen molar-refractivity contribution in [2.45, 2.75) is 65.0 Å². The number of hydrogen-bond donors (Lipinski definition) is 1. The summed E-state index contributed by atoms with van der Waals surface area (Å²) in [5, 5.41) is 7.64. The second-order valence-corrected chi connectivity index (χ2v) is 9.84. The molecule has 1 amide bonds. The first kappa shape index (κ1) is 18.8. The first-order valence-electron chi connectivity index (χ1n) is 11.6. The Balaban J connectivity index is 1.43. The minimum Gasteiger partial charge on any atom is -0.348 e. The third-order valence-electron chi connectivity index (χ3n) is 7.42. The number of pyridine rings is 1. The van der Waals surface area contributed by atoms with Crippen LogP contribution in [0.5, 0.6) is 0 Å². The molecule has 5 nitrogen and oxygen atoms in total. The van der Waals surface area contributed by atoms with Crippen molar-refractivity contribution in [2.75, 3.05) is 0 Å². The molecule has 1 N–H and O–H groups in total. The molecule has 2 aromatic heterocycles. The molecule has 0 unspecified atom stereocenters. The largest absolute Gasteiger partial charge is 0.348 e. The van der Waals surface area contributed by atoms with Crippen LogP contribution in [-0.2, 0) is 25.9 Å². The average Bonchev–Trinajstić information content (AvgIpc) is 3.55. The molecule has 158 valence electrons. The lowest BCUT2D eigenvalue weighted by Crippen LogP contribution is -2.19. The highest BCUT2D eigenvalue weighted by Gasteiger charge is 2.29. The maximum Gasteiger partial charge on any atom is 0.251 e. The molecule has 0 saturated heterocycles. The number of hydrogen-bond acceptors (Lipinski definition) is 3. The topological polar surface area (TPSA) is 59.8 Å². The van der Waals surface area contributed by atoms with E-state index in [2.05, 4.69) is 41.3 Å². The first-order chi connectivity index (χ1) is 15.1. The standard InChI is InChI=1S/C26H28N4O/c1-26(9-2-3-10-26)16-30-15-20(14-28-30)21-11-17-5-4-6-23(17)29-24(21)18-7-8-19-13-27-25(31)22(19)12-18/h7-8,11-12,14-15H,2-6,9-10,13,16H2,1H3,(H,27,31). The van der Waals surface area contributed by atoms with Crippen LogP contribution in [0.15, 0.2) is 36.7 Å². The lowest BCUT2D eigenvalue weighted by molar-refractivity contribution is 0.0966. The lowest BCUT2D eigenvalue weighted by Gasteiger charge is -2.23. The number of carbonyl (C=O) groups is 1. The maximum absolute atomic E-state index is 12.2. The molecule has 1 fully saturated rings. The highest BCUT2D eigenvalue weighted by atomic mass is 16.1. The van der Waals surface area contributed by atoms with Gasteiger partial charge in [0.05, 0.1) is 11.9 Å². The molecule has 0 bridgehead atoms. The monoisotopic (exact) mass is 412 g/mol. The van der Waals surface area contributed by atoms with Crippen LogP contribution in [0.25, 0.3) is 22.4 Å². The minimum absolute atomic E-state index is 0.0113. The zero-order chi connectivity index (χ0) is 21.0. The Labute approximate surface area is 182 Å². The zero-order valence-corrected chi connectivity index (χ0v) is 18.1. The summed E-state index contributed by atoms with van der Waals surface area (Å²) in [7, 11) is 0. The Hall–Kier alpha value is -2.95. The molecule has 0 spiro atoms. The zero-order valence-electron chi connectivity index (χ0n) is 18.1. The van der Waals surface area contributed by atoms with E-state index in [1.54, 1.807) is 0 Å². The molecule has 2 aliphatic carbocycles. The molecule has 3 aromatic rings. The Bertz CT molecular complexity index is 1190. The van der Waals surface area contributed by atoms with Crippen LogP contribution in [0.1, 0.15) is 66.2 Å². The van der Waals surface area contributed by atoms with Crippen molar-refractivity contribution in [3.05, 3.63) is 59.0 Å². The Morgan fingerprint density at radius 3 is 2.77 bits per heavy atom. The minimum atomic E-state index is 0.0113. The van der Waals surface area contributed by atoms with Crippen LogP contribution in [0, 0.1) is 5.41 Å². The smallest absolute Gasteiger partial charge is 0.251 e. The number of aryl methyl sites for hydroxylation is 2. The van der Waals surface area contributed by atoms with Gasteiger partial charge in [-0.15, -0.1) is 0 Å². The number of aromatic nitrogens is 3. The van der Waals surface area contributed by atoms with Gasteiger partial charge in [0, 0.05) is 47.2 Å². The van der Waals surface area contributed by atoms with Gasteiger partial charge in [-0.05, 0) is 60.8 Å². The quantitative estimate of drug-likeness (QED) is 0.661. The number of benzene rings is 1. The van der Waals surface area contributed by atoms with Crippen LogP contribution in [0.3, 0.4) is 0 Å². The predicted octanol–water partition coefficient (Wildman–Crippen LogP) is 4.92. The van der Waals surface area contributed by atoms with Crippen molar-refractivity contribution in [3.63, 3.8) is 0 Å². The van der Waals surface area contributed by atoms with Gasteiger partial charge in [-0.25, -0.2) is 0 Å². The average molecular weight is 413 g/mol. The van der Waals surface area contributed by atoms with Crippen LogP contribution >= 0.6 is 0 Å². The summed E-state index contributed by atoms with van der Waals surface area (Å²) < 4.78 is 2.12. The van der Waals surface area contributed by atoms with E-state index in [4.69, 9.17) is 10.1 Å². The fourth-order valence-electron chi connectivity index (χ4n) is 5.64. The summed E-state index contributed by atoms with van der Waals surface area (Å²) in [5.74, 6) is 0.0113. The third-order valence-corrected chi connectivity index (χ3v) is 7.42. The highest BCUT2D eigenvalue weighted by molar-refractivity contribution is 5.99. The number of fused-ring (bicyclic) bond motifs is 2. The van der Waals surface area contributed by atoms with Crippen LogP contribution < -0.4 is 5.32 Å². The Morgan fingerprint density at radius 2 is 1.90 bits per heavy atom. The van der Waals surface area contributed by atoms with Crippen molar-refractivity contribution in [3.8, 4) is 22.4 Å². The molecule has 1 aliphatic heterocycles. The van der Waals surface area contributed by atoms with E-state index in [-0.39, 0.29) is 5.91 Å². The third kappa shape index (κ3) is 3.27. The van der Waals surface area contributed by atoms with E-state index >= 15 is 0 Å². The van der Waals surface area contributed by atoms with E-state index in [1.807, 2.05) is 12.3 Å². The Morgan fingerprint density at radius 1 is 1.03 bits per heavy atom. The van der Waals surface area contributed by atoms with Crippen molar-refractivity contribution < 1.29 is 4.79 Å². The van der Waals surface area contributed by atoms with Gasteiger partial charge in [0.1, 0.15) is 0 Å². The second-order valence-electron chi connectivity index (χ2n) is 9.84. The van der Waals surface area contributed by atoms with E-state index < -0.39 is 0 Å². The van der Waals surface area contributed by atoms with Crippen molar-refractivity contribution >= 4 is 5.91 Å². The molecule has 3 aliphatic rings. The molecule has 0 atom stereocenters. The summed E-state index contributed by atoms with van der Waals surface area (Å²) in [6.45, 7) is 3.98. The summed E-state index contributed by atoms with van der Waals surface area (Å²) >= 11 is 0. The van der Waals surface area contributed by atoms with Gasteiger partial charge in [0.2, 0.25) is 0 Å². The van der Waals surface area contributed by atoms with Gasteiger partial charge < -0.3 is 5.32 Å². The molecular formula is C26H28N4O. The molecule has 31 heavy (non-hydrogen) atoms. The highest BCUT2D eigenvalue weighted by Crippen LogP contribution is 2.40. The van der Waals surface area contributed by atoms with Gasteiger partial charge in [0.15, 0.2) is 0 Å². The predicted molar refractivity (Wildman–Crippen MR) is 121 cm³/mol. The van der Waals surface area contributed by atoms with Gasteiger partial charge in [0.25, 0.3) is 5.91 Å². The fourth-order valence-corrected chi connectivity index (χ4v) is 5.64. The summed E-state index contributed by atoms with van der Waals surface area (Å²) in [5.41, 5.74) is 8.97. The normalized spacial score (nSPS) is 18.8. The van der Waals surface area contributed by atoms with Gasteiger partial charge in [-0.2, -0.15) is 5.10 Å². The van der Waals surface area contributed by atoms with Crippen LogP contribution in [0.4, 0.5) is 0 Å². The second kappa shape index (κ2) is 7.04. The summed E-state index contributed by atoms with van der Waals surface area (Å²) in [4.78, 5) is 17.4. The van der Waals surface area contributed by atoms with E-state index in [1.165, 1.54) is 36.9 Å². The molecule has 5 heteroatoms. The molecule has 3 heterocycles. The number of rotatable bonds is 4. The number of carbonyl (C=O) groups excluding carboxylic acids is 1. The van der Waals surface area contributed by atoms with E-state index in [0.717, 1.165) is 59.3 Å². The van der Waals surface area contributed by atoms with Crippen molar-refractivity contribution in [1.29, 1.82) is 0 Å². The number of nitrogens with one attached hydrogen (secondary N) is 1. The van der Waals surface area contributed by atoms with Gasteiger partial charge >= 0.3 is 0 Å². The summed E-state index contributed by atoms with van der Waals surface area (Å²) in [6.07, 6.45) is 12.7. The molecular weight excluding hydrogens is 384 g/mol. The molecule has 6 rings (SSSR count).